The van der Waals surface area contributed by atoms with Crippen LogP contribution in [-0.4, -0.2) is 33.2 Å². The Morgan fingerprint density at radius 1 is 1.18 bits per heavy atom. The predicted molar refractivity (Wildman–Crippen MR) is 128 cm³/mol. The van der Waals surface area contributed by atoms with E-state index in [9.17, 15) is 14.0 Å². The molecule has 2 heterocycles. The van der Waals surface area contributed by atoms with E-state index in [1.165, 1.54) is 12.4 Å². The number of ether oxygens (including phenoxy) is 1. The molecule has 4 aromatic rings. The summed E-state index contributed by atoms with van der Waals surface area (Å²) < 4.78 is 18.2. The Morgan fingerprint density at radius 3 is 2.68 bits per heavy atom. The molecule has 4 rings (SSSR count). The number of aromatic amines is 1. The summed E-state index contributed by atoms with van der Waals surface area (Å²) in [6.45, 7) is 1.96. The van der Waals surface area contributed by atoms with Gasteiger partial charge in [-0.3, -0.25) is 9.59 Å². The van der Waals surface area contributed by atoms with Crippen molar-refractivity contribution in [3.8, 4) is 5.75 Å². The van der Waals surface area contributed by atoms with Crippen LogP contribution >= 0.6 is 11.6 Å². The van der Waals surface area contributed by atoms with Gasteiger partial charge in [0.2, 0.25) is 5.24 Å². The molecule has 0 fully saturated rings. The van der Waals surface area contributed by atoms with Gasteiger partial charge in [-0.25, -0.2) is 14.4 Å². The lowest BCUT2D eigenvalue weighted by Crippen LogP contribution is -2.24. The minimum Gasteiger partial charge on any atom is -0.497 e. The molecule has 34 heavy (non-hydrogen) atoms. The van der Waals surface area contributed by atoms with Crippen molar-refractivity contribution < 1.29 is 18.7 Å². The maximum atomic E-state index is 13.2. The van der Waals surface area contributed by atoms with Crippen LogP contribution in [0.4, 0.5) is 10.1 Å². The Morgan fingerprint density at radius 2 is 1.97 bits per heavy atom. The maximum absolute atomic E-state index is 13.2. The number of amides is 1. The van der Waals surface area contributed by atoms with E-state index in [4.69, 9.17) is 22.1 Å². The first-order valence-electron chi connectivity index (χ1n) is 10.2. The number of fused-ring (bicyclic) bond motifs is 1. The number of carbonyl (C=O) groups is 2. The fourth-order valence-electron chi connectivity index (χ4n) is 3.16. The van der Waals surface area contributed by atoms with Gasteiger partial charge < -0.3 is 20.8 Å². The Hall–Kier alpha value is -3.98. The molecule has 0 bridgehead atoms. The van der Waals surface area contributed by atoms with Crippen LogP contribution in [-0.2, 0) is 17.8 Å². The number of nitrogens with zero attached hydrogens (tertiary/aromatic N) is 2. The van der Waals surface area contributed by atoms with Gasteiger partial charge in [-0.15, -0.1) is 0 Å². The van der Waals surface area contributed by atoms with Crippen LogP contribution in [0, 0.1) is 12.7 Å². The number of halogens is 2. The average Bonchev–Trinajstić information content (AvgIpc) is 3.20. The largest absolute Gasteiger partial charge is 0.497 e. The second kappa shape index (κ2) is 11.2. The van der Waals surface area contributed by atoms with E-state index in [1.807, 2.05) is 18.2 Å². The van der Waals surface area contributed by atoms with Gasteiger partial charge in [0, 0.05) is 19.2 Å². The molecule has 2 aromatic heterocycles. The third kappa shape index (κ3) is 6.29. The number of nitrogen functional groups attached to an aromatic ring is 1. The fourth-order valence-corrected chi connectivity index (χ4v) is 3.31. The molecule has 0 saturated heterocycles. The normalized spacial score (nSPS) is 10.4. The van der Waals surface area contributed by atoms with Crippen molar-refractivity contribution in [2.75, 3.05) is 12.8 Å². The van der Waals surface area contributed by atoms with Gasteiger partial charge in [0.1, 0.15) is 23.4 Å². The Labute approximate surface area is 200 Å². The summed E-state index contributed by atoms with van der Waals surface area (Å²) in [4.78, 5) is 33.7. The van der Waals surface area contributed by atoms with Crippen LogP contribution in [0.3, 0.4) is 0 Å². The molecular weight excluding hydrogens is 461 g/mol. The molecule has 0 radical (unpaired) electrons. The second-order valence-corrected chi connectivity index (χ2v) is 7.76. The van der Waals surface area contributed by atoms with Gasteiger partial charge in [0.15, 0.2) is 5.69 Å². The SMILES string of the molecule is COc1cccc(CC(=O)Cl)c1.Cc1cc(CNC(=O)c2ncnc3c(N)c[nH]c23)ccc1F. The van der Waals surface area contributed by atoms with E-state index in [0.29, 0.717) is 22.3 Å². The van der Waals surface area contributed by atoms with Gasteiger partial charge in [-0.1, -0.05) is 24.3 Å². The Bertz CT molecular complexity index is 1330. The quantitative estimate of drug-likeness (QED) is 0.357. The number of aryl methyl sites for hydroxylation is 1. The zero-order valence-electron chi connectivity index (χ0n) is 18.6. The molecule has 2 aromatic carbocycles. The standard InChI is InChI=1S/C15H14FN5O.C9H9ClO2/c1-8-4-9(2-3-10(8)16)5-19-15(22)14-13-12(20-7-21-14)11(17)6-18-13;1-12-8-4-2-3-7(5-8)6-9(10)11/h2-4,6-7,18H,5,17H2,1H3,(H,19,22);2-5H,6H2,1H3. The summed E-state index contributed by atoms with van der Waals surface area (Å²) in [5.41, 5.74) is 9.65. The highest BCUT2D eigenvalue weighted by Gasteiger charge is 2.15. The van der Waals surface area contributed by atoms with Gasteiger partial charge >= 0.3 is 0 Å². The van der Waals surface area contributed by atoms with Crippen molar-refractivity contribution >= 4 is 39.5 Å². The zero-order chi connectivity index (χ0) is 24.7. The van der Waals surface area contributed by atoms with Crippen molar-refractivity contribution in [1.82, 2.24) is 20.3 Å². The summed E-state index contributed by atoms with van der Waals surface area (Å²) in [5, 5.41) is 2.39. The van der Waals surface area contributed by atoms with Gasteiger partial charge in [-0.2, -0.15) is 0 Å². The molecule has 10 heteroatoms. The molecule has 4 N–H and O–H groups in total. The highest BCUT2D eigenvalue weighted by Crippen LogP contribution is 2.19. The highest BCUT2D eigenvalue weighted by molar-refractivity contribution is 6.63. The molecule has 8 nitrogen and oxygen atoms in total. The first-order chi connectivity index (χ1) is 16.3. The first kappa shape index (κ1) is 24.7. The summed E-state index contributed by atoms with van der Waals surface area (Å²) in [6, 6.07) is 12.0. The molecular formula is C24H23ClFN5O3. The van der Waals surface area contributed by atoms with Gasteiger partial charge in [0.05, 0.1) is 18.3 Å². The lowest BCUT2D eigenvalue weighted by molar-refractivity contribution is -0.111. The third-order valence-corrected chi connectivity index (χ3v) is 4.99. The average molecular weight is 484 g/mol. The van der Waals surface area contributed by atoms with E-state index >= 15 is 0 Å². The van der Waals surface area contributed by atoms with Crippen molar-refractivity contribution in [1.29, 1.82) is 0 Å². The summed E-state index contributed by atoms with van der Waals surface area (Å²) in [5.74, 6) is 0.121. The molecule has 1 amide bonds. The number of nitrogens with two attached hydrogens (primary N) is 1. The Kier molecular flexibility index (Phi) is 8.15. The third-order valence-electron chi connectivity index (χ3n) is 4.86. The van der Waals surface area contributed by atoms with E-state index < -0.39 is 0 Å². The van der Waals surface area contributed by atoms with Crippen molar-refractivity contribution in [2.24, 2.45) is 0 Å². The summed E-state index contributed by atoms with van der Waals surface area (Å²) >= 11 is 5.23. The zero-order valence-corrected chi connectivity index (χ0v) is 19.3. The minimum absolute atomic E-state index is 0.223. The highest BCUT2D eigenvalue weighted by atomic mass is 35.5. The smallest absolute Gasteiger partial charge is 0.272 e. The molecule has 0 unspecified atom stereocenters. The van der Waals surface area contributed by atoms with Crippen LogP contribution in [0.25, 0.3) is 11.0 Å². The van der Waals surface area contributed by atoms with E-state index in [1.54, 1.807) is 38.4 Å². The predicted octanol–water partition coefficient (Wildman–Crippen LogP) is 3.92. The number of methoxy groups -OCH3 is 1. The van der Waals surface area contributed by atoms with Gasteiger partial charge in [0.25, 0.3) is 5.91 Å². The number of rotatable bonds is 6. The first-order valence-corrected chi connectivity index (χ1v) is 10.6. The number of nitrogens with one attached hydrogen (secondary N) is 2. The van der Waals surface area contributed by atoms with Gasteiger partial charge in [-0.05, 0) is 53.4 Å². The molecule has 0 spiro atoms. The summed E-state index contributed by atoms with van der Waals surface area (Å²) in [7, 11) is 1.58. The fraction of sp³-hybridized carbons (Fsp3) is 0.167. The molecule has 0 aliphatic rings. The Balaban J connectivity index is 0.000000229. The molecule has 176 valence electrons. The number of hydrogen-bond donors (Lipinski definition) is 3. The van der Waals surface area contributed by atoms with Crippen LogP contribution in [0.5, 0.6) is 5.75 Å². The van der Waals surface area contributed by atoms with Crippen LogP contribution in [0.1, 0.15) is 27.2 Å². The number of carbonyl (C=O) groups excluding carboxylic acids is 2. The maximum Gasteiger partial charge on any atom is 0.272 e. The second-order valence-electron chi connectivity index (χ2n) is 7.34. The molecule has 0 saturated carbocycles. The number of benzene rings is 2. The number of aromatic nitrogens is 3. The van der Waals surface area contributed by atoms with Crippen molar-refractivity contribution in [2.45, 2.75) is 19.9 Å². The van der Waals surface area contributed by atoms with E-state index in [0.717, 1.165) is 16.9 Å². The minimum atomic E-state index is -0.358. The van der Waals surface area contributed by atoms with Crippen LogP contribution in [0.15, 0.2) is 55.0 Å². The molecule has 0 aliphatic heterocycles. The summed E-state index contributed by atoms with van der Waals surface area (Å²) in [6.07, 6.45) is 3.11. The number of anilines is 1. The van der Waals surface area contributed by atoms with Crippen LogP contribution < -0.4 is 15.8 Å². The van der Waals surface area contributed by atoms with E-state index in [2.05, 4.69) is 20.3 Å². The number of H-pyrrole nitrogens is 1. The van der Waals surface area contributed by atoms with E-state index in [-0.39, 0.29) is 35.6 Å². The van der Waals surface area contributed by atoms with Crippen molar-refractivity contribution in [3.63, 3.8) is 0 Å². The molecule has 0 aliphatic carbocycles. The number of hydrogen-bond acceptors (Lipinski definition) is 6. The lowest BCUT2D eigenvalue weighted by Gasteiger charge is -2.07. The van der Waals surface area contributed by atoms with Crippen molar-refractivity contribution in [3.05, 3.63) is 83.2 Å². The van der Waals surface area contributed by atoms with Crippen LogP contribution in [0.2, 0.25) is 0 Å². The topological polar surface area (TPSA) is 123 Å². The monoisotopic (exact) mass is 483 g/mol. The lowest BCUT2D eigenvalue weighted by atomic mass is 10.1. The molecule has 0 atom stereocenters.